The summed E-state index contributed by atoms with van der Waals surface area (Å²) in [5.74, 6) is -0.193. The molecule has 3 aromatic carbocycles. The van der Waals surface area contributed by atoms with Gasteiger partial charge in [0.05, 0.1) is 46.3 Å². The Labute approximate surface area is 469 Å². The summed E-state index contributed by atoms with van der Waals surface area (Å²) in [5.41, 5.74) is 13.1. The van der Waals surface area contributed by atoms with E-state index in [1.165, 1.54) is 10.9 Å². The number of aliphatic hydroxyl groups excluding tert-OH is 1. The van der Waals surface area contributed by atoms with E-state index in [1.54, 1.807) is 35.0 Å². The largest absolute Gasteiger partial charge is 0.398 e. The molecular weight excluding hydrogens is 1050 g/mol. The van der Waals surface area contributed by atoms with Crippen LogP contribution >= 0.6 is 23.2 Å². The first kappa shape index (κ1) is 58.3. The second-order valence-corrected chi connectivity index (χ2v) is 21.6. The molecule has 3 aromatic heterocycles. The standard InChI is InChI=1S/C58H72Cl2N12O7/c1-38(40-11-6-5-7-12-40)31-49(76)70-29-21-58(79,22-30-70)36-72-37-66-54-55(57(72)78)68-69(2)56(54)41-17-15-39(16-18-41)33-63-23-10-24-64-47(74)13-8-3-4-9-14-48(75)65-27-26-62-25-19-45(61)42-32-44(59)52(60)53-51(42)43-34-71(50(77)35-73)28-20-46(43)67-53/h5-7,11-12,15-19,25,32,37-38,63,67,73,79H,3-4,8-10,13-14,20-24,26-31,33-36,61H2,1-2H3,(H,64,74)(H,65,75)/p+1/b45-19-,62-25?/t38-/m1/s1. The molecule has 0 radical (unpaired) electrons. The smallest absolute Gasteiger partial charge is 0.281 e. The molecular formula is C58H73Cl2N12O7+. The summed E-state index contributed by atoms with van der Waals surface area (Å²) in [6, 6.07) is 19.7. The molecule has 2 aliphatic rings. The number of rotatable bonds is 25. The minimum absolute atomic E-state index is 0.0227. The number of hydrogen-bond acceptors (Lipinski definition) is 11. The van der Waals surface area contributed by atoms with E-state index >= 15 is 0 Å². The molecule has 21 heteroatoms. The number of fused-ring (bicyclic) bond motifs is 4. The van der Waals surface area contributed by atoms with Crippen LogP contribution in [0.25, 0.3) is 38.9 Å². The van der Waals surface area contributed by atoms with Crippen LogP contribution in [0.2, 0.25) is 10.0 Å². The predicted octanol–water partition coefficient (Wildman–Crippen LogP) is 4.21. The highest BCUT2D eigenvalue weighted by Crippen LogP contribution is 2.40. The van der Waals surface area contributed by atoms with Crippen molar-refractivity contribution >= 4 is 80.7 Å². The highest BCUT2D eigenvalue weighted by atomic mass is 35.5. The van der Waals surface area contributed by atoms with Gasteiger partial charge < -0.3 is 46.7 Å². The number of amides is 4. The van der Waals surface area contributed by atoms with E-state index in [-0.39, 0.29) is 47.2 Å². The average Bonchev–Trinajstić information content (AvgIpc) is 4.26. The molecule has 5 heterocycles. The number of aryl methyl sites for hydroxylation is 1. The summed E-state index contributed by atoms with van der Waals surface area (Å²) in [6.07, 6.45) is 11.5. The molecule has 0 bridgehead atoms. The van der Waals surface area contributed by atoms with Gasteiger partial charge in [-0.2, -0.15) is 5.10 Å². The molecule has 1 saturated heterocycles. The first-order valence-corrected chi connectivity index (χ1v) is 28.1. The Bertz CT molecular complexity index is 3240. The first-order valence-electron chi connectivity index (χ1n) is 27.4. The number of aromatic amines is 1. The van der Waals surface area contributed by atoms with E-state index in [1.807, 2.05) is 59.5 Å². The van der Waals surface area contributed by atoms with Gasteiger partial charge in [-0.05, 0) is 61.8 Å². The summed E-state index contributed by atoms with van der Waals surface area (Å²) in [7, 11) is 1.79. The maximum absolute atomic E-state index is 13.7. The van der Waals surface area contributed by atoms with Crippen molar-refractivity contribution in [1.82, 2.24) is 50.1 Å². The number of unbranched alkanes of at least 4 members (excludes halogenated alkanes) is 3. The molecule has 79 heavy (non-hydrogen) atoms. The van der Waals surface area contributed by atoms with E-state index in [9.17, 15) is 34.2 Å². The number of allylic oxidation sites excluding steroid dienone is 1. The number of nitrogens with two attached hydrogens (primary N) is 1. The average molecular weight is 1120 g/mol. The van der Waals surface area contributed by atoms with Crippen LogP contribution in [-0.2, 0) is 52.3 Å². The molecule has 420 valence electrons. The minimum Gasteiger partial charge on any atom is -0.398 e. The van der Waals surface area contributed by atoms with Gasteiger partial charge in [-0.15, -0.1) is 0 Å². The third kappa shape index (κ3) is 14.9. The molecule has 9 N–H and O–H groups in total. The third-order valence-corrected chi connectivity index (χ3v) is 15.8. The van der Waals surface area contributed by atoms with Gasteiger partial charge in [0, 0.05) is 112 Å². The van der Waals surface area contributed by atoms with Gasteiger partial charge in [0.2, 0.25) is 23.6 Å². The second kappa shape index (κ2) is 27.3. The number of aliphatic hydroxyl groups is 2. The van der Waals surface area contributed by atoms with Gasteiger partial charge in [0.15, 0.2) is 18.3 Å². The van der Waals surface area contributed by atoms with Crippen molar-refractivity contribution in [1.29, 1.82) is 0 Å². The topological polar surface area (TPSA) is 260 Å². The first-order chi connectivity index (χ1) is 38.1. The number of likely N-dealkylation sites (tertiary alicyclic amines) is 1. The summed E-state index contributed by atoms with van der Waals surface area (Å²) in [6.45, 7) is 6.05. The fourth-order valence-electron chi connectivity index (χ4n) is 10.5. The lowest BCUT2D eigenvalue weighted by atomic mass is 9.90. The highest BCUT2D eigenvalue weighted by molar-refractivity contribution is 6.45. The molecule has 0 unspecified atom stereocenters. The van der Waals surface area contributed by atoms with Crippen molar-refractivity contribution in [3.8, 4) is 11.3 Å². The SMILES string of the molecule is C[C@H](CC(=O)N1CCC(O)(Cn2cnc3c(-c4ccc(CNCCCNC(=O)CCCCCCC(=O)NCC[NH+]=C/C=C(\N)c5cc(Cl)c(Cl)c6[nH]c7c(c56)CN(C(=O)CO)CC7)cc4)n(C)nc3c2=O)CC1)c1ccccc1. The van der Waals surface area contributed by atoms with Gasteiger partial charge >= 0.3 is 0 Å². The van der Waals surface area contributed by atoms with Crippen LogP contribution in [0.4, 0.5) is 0 Å². The predicted molar refractivity (Wildman–Crippen MR) is 307 cm³/mol. The van der Waals surface area contributed by atoms with Crippen LogP contribution in [-0.4, -0.2) is 132 Å². The van der Waals surface area contributed by atoms with Crippen molar-refractivity contribution in [2.45, 2.75) is 109 Å². The van der Waals surface area contributed by atoms with Crippen LogP contribution in [0.15, 0.2) is 77.9 Å². The Morgan fingerprint density at radius 1 is 0.899 bits per heavy atom. The lowest BCUT2D eigenvalue weighted by Crippen LogP contribution is -2.71. The second-order valence-electron chi connectivity index (χ2n) is 20.8. The Kier molecular flexibility index (Phi) is 20.1. The molecule has 8 rings (SSSR count). The summed E-state index contributed by atoms with van der Waals surface area (Å²) in [5, 5.41) is 36.4. The van der Waals surface area contributed by atoms with E-state index in [0.29, 0.717) is 123 Å². The van der Waals surface area contributed by atoms with Gasteiger partial charge in [0.1, 0.15) is 12.1 Å². The van der Waals surface area contributed by atoms with E-state index in [0.717, 1.165) is 77.7 Å². The zero-order valence-electron chi connectivity index (χ0n) is 45.1. The zero-order chi connectivity index (χ0) is 56.1. The molecule has 0 aliphatic carbocycles. The van der Waals surface area contributed by atoms with Gasteiger partial charge in [-0.25, -0.2) is 9.98 Å². The molecule has 0 saturated carbocycles. The van der Waals surface area contributed by atoms with Crippen molar-refractivity contribution in [3.05, 3.63) is 121 Å². The molecule has 6 aromatic rings. The van der Waals surface area contributed by atoms with Crippen molar-refractivity contribution in [2.24, 2.45) is 12.8 Å². The van der Waals surface area contributed by atoms with Crippen molar-refractivity contribution < 1.29 is 34.4 Å². The van der Waals surface area contributed by atoms with Crippen LogP contribution < -0.4 is 32.2 Å². The Morgan fingerprint density at radius 3 is 2.32 bits per heavy atom. The van der Waals surface area contributed by atoms with E-state index < -0.39 is 12.2 Å². The fourth-order valence-corrected chi connectivity index (χ4v) is 10.9. The van der Waals surface area contributed by atoms with Crippen LogP contribution in [0, 0.1) is 0 Å². The molecule has 2 aliphatic heterocycles. The third-order valence-electron chi connectivity index (χ3n) is 15.1. The molecule has 1 atom stereocenters. The van der Waals surface area contributed by atoms with Gasteiger partial charge in [-0.3, -0.25) is 33.2 Å². The maximum atomic E-state index is 13.7. The number of carbonyl (C=O) groups is 4. The Balaban J connectivity index is 0.667. The highest BCUT2D eigenvalue weighted by Gasteiger charge is 2.35. The number of halogens is 2. The molecule has 0 spiro atoms. The van der Waals surface area contributed by atoms with Crippen LogP contribution in [0.3, 0.4) is 0 Å². The summed E-state index contributed by atoms with van der Waals surface area (Å²) in [4.78, 5) is 78.5. The van der Waals surface area contributed by atoms with Crippen molar-refractivity contribution in [3.63, 3.8) is 0 Å². The number of nitrogens with zero attached hydrogens (tertiary/aromatic N) is 6. The summed E-state index contributed by atoms with van der Waals surface area (Å²) >= 11 is 13.0. The van der Waals surface area contributed by atoms with Gasteiger partial charge in [0.25, 0.3) is 5.56 Å². The lowest BCUT2D eigenvalue weighted by molar-refractivity contribution is -0.448. The quantitative estimate of drug-likeness (QED) is 0.0298. The summed E-state index contributed by atoms with van der Waals surface area (Å²) < 4.78 is 3.10. The zero-order valence-corrected chi connectivity index (χ0v) is 46.6. The Morgan fingerprint density at radius 2 is 1.61 bits per heavy atom. The number of nitrogens with one attached hydrogen (secondary N) is 5. The molecule has 1 fully saturated rings. The van der Waals surface area contributed by atoms with Crippen LogP contribution in [0.1, 0.15) is 105 Å². The van der Waals surface area contributed by atoms with Crippen LogP contribution in [0.5, 0.6) is 0 Å². The normalized spacial score (nSPS) is 15.0. The number of hydrogen-bond donors (Lipinski definition) is 8. The maximum Gasteiger partial charge on any atom is 0.281 e. The minimum atomic E-state index is -1.15. The molecule has 19 nitrogen and oxygen atoms in total. The van der Waals surface area contributed by atoms with Gasteiger partial charge in [-0.1, -0.05) is 97.6 Å². The van der Waals surface area contributed by atoms with E-state index in [2.05, 4.69) is 42.9 Å². The lowest BCUT2D eigenvalue weighted by Gasteiger charge is -2.38. The monoisotopic (exact) mass is 1120 g/mol. The van der Waals surface area contributed by atoms with E-state index in [4.69, 9.17) is 28.9 Å². The molecule has 4 amide bonds. The number of benzene rings is 3. The number of aromatic nitrogens is 5. The van der Waals surface area contributed by atoms with Crippen molar-refractivity contribution in [2.75, 3.05) is 52.4 Å². The Hall–Kier alpha value is -6.90. The number of carbonyl (C=O) groups excluding carboxylic acids is 4. The number of H-pyrrole nitrogens is 1. The number of piperidine rings is 1. The fraction of sp³-hybridized carbons (Fsp3) is 0.448.